The van der Waals surface area contributed by atoms with Crippen molar-refractivity contribution in [2.24, 2.45) is 0 Å². The summed E-state index contributed by atoms with van der Waals surface area (Å²) in [6.45, 7) is 9.69. The quantitative estimate of drug-likeness (QED) is 0.646. The lowest BCUT2D eigenvalue weighted by atomic mass is 10.1. The van der Waals surface area contributed by atoms with E-state index in [4.69, 9.17) is 10.7 Å². The van der Waals surface area contributed by atoms with Crippen LogP contribution in [0.2, 0.25) is 0 Å². The molecule has 0 aliphatic carbocycles. The van der Waals surface area contributed by atoms with Crippen LogP contribution in [0.5, 0.6) is 0 Å². The number of aromatic nitrogens is 2. The number of nitrogen functional groups attached to an aromatic ring is 1. The van der Waals surface area contributed by atoms with Gasteiger partial charge < -0.3 is 10.1 Å². The monoisotopic (exact) mass is 336 g/mol. The highest BCUT2D eigenvalue weighted by atomic mass is 15.1. The lowest BCUT2D eigenvalue weighted by molar-refractivity contribution is 0.263. The molecule has 0 saturated carbocycles. The van der Waals surface area contributed by atoms with Crippen molar-refractivity contribution < 1.29 is 0 Å². The van der Waals surface area contributed by atoms with Crippen LogP contribution in [0.3, 0.4) is 0 Å². The molecule has 2 aromatic heterocycles. The maximum absolute atomic E-state index is 6.02. The number of aryl methyl sites for hydroxylation is 1. The van der Waals surface area contributed by atoms with Crippen LogP contribution in [-0.4, -0.2) is 27.4 Å². The molecule has 3 aromatic rings. The zero-order chi connectivity index (χ0) is 17.8. The van der Waals surface area contributed by atoms with Gasteiger partial charge in [-0.2, -0.15) is 0 Å². The summed E-state index contributed by atoms with van der Waals surface area (Å²) < 4.78 is 2.24. The molecule has 0 atom stereocenters. The van der Waals surface area contributed by atoms with Crippen molar-refractivity contribution in [2.45, 2.75) is 40.2 Å². The van der Waals surface area contributed by atoms with E-state index in [0.29, 0.717) is 0 Å². The summed E-state index contributed by atoms with van der Waals surface area (Å²) in [6.07, 6.45) is 4.43. The first-order chi connectivity index (χ1) is 12.1. The highest BCUT2D eigenvalue weighted by Crippen LogP contribution is 2.28. The molecule has 0 bridgehead atoms. The van der Waals surface area contributed by atoms with E-state index < -0.39 is 0 Å². The molecule has 4 nitrogen and oxygen atoms in total. The molecular formula is C21H28N4. The standard InChI is InChI=1S/C21H28N4/c1-4-11-24(12-5-2)15-19-20(17-9-6-10-18(22)14-17)23-21-16(3)8-7-13-25(19)21/h6-10,13-14H,4-5,11-12,15,22H2,1-3H3. The number of nitrogens with zero attached hydrogens (tertiary/aromatic N) is 3. The Morgan fingerprint density at radius 3 is 2.52 bits per heavy atom. The fourth-order valence-corrected chi connectivity index (χ4v) is 3.44. The van der Waals surface area contributed by atoms with E-state index in [-0.39, 0.29) is 0 Å². The van der Waals surface area contributed by atoms with Crippen LogP contribution in [0.25, 0.3) is 16.9 Å². The first-order valence-corrected chi connectivity index (χ1v) is 9.18. The first kappa shape index (κ1) is 17.5. The molecule has 0 spiro atoms. The SMILES string of the molecule is CCCN(CCC)Cc1c(-c2cccc(N)c2)nc2c(C)cccn12. The molecule has 2 heterocycles. The van der Waals surface area contributed by atoms with E-state index in [9.17, 15) is 0 Å². The van der Waals surface area contributed by atoms with Gasteiger partial charge in [0.05, 0.1) is 11.4 Å². The highest BCUT2D eigenvalue weighted by molar-refractivity contribution is 5.70. The van der Waals surface area contributed by atoms with E-state index in [0.717, 1.165) is 55.1 Å². The minimum Gasteiger partial charge on any atom is -0.399 e. The van der Waals surface area contributed by atoms with Gasteiger partial charge in [-0.15, -0.1) is 0 Å². The molecule has 25 heavy (non-hydrogen) atoms. The number of pyridine rings is 1. The van der Waals surface area contributed by atoms with Crippen molar-refractivity contribution >= 4 is 11.3 Å². The molecule has 0 amide bonds. The predicted molar refractivity (Wildman–Crippen MR) is 106 cm³/mol. The summed E-state index contributed by atoms with van der Waals surface area (Å²) in [5.74, 6) is 0. The number of nitrogens with two attached hydrogens (primary N) is 1. The summed E-state index contributed by atoms with van der Waals surface area (Å²) in [5.41, 5.74) is 12.4. The molecule has 132 valence electrons. The Labute approximate surface area is 150 Å². The topological polar surface area (TPSA) is 46.6 Å². The molecule has 0 saturated heterocycles. The van der Waals surface area contributed by atoms with Gasteiger partial charge in [0.15, 0.2) is 0 Å². The summed E-state index contributed by atoms with van der Waals surface area (Å²) in [5, 5.41) is 0. The van der Waals surface area contributed by atoms with Gasteiger partial charge in [0.2, 0.25) is 0 Å². The maximum Gasteiger partial charge on any atom is 0.140 e. The van der Waals surface area contributed by atoms with Crippen LogP contribution in [0, 0.1) is 6.92 Å². The van der Waals surface area contributed by atoms with Gasteiger partial charge in [-0.3, -0.25) is 4.90 Å². The van der Waals surface area contributed by atoms with E-state index in [1.54, 1.807) is 0 Å². The third-order valence-corrected chi connectivity index (χ3v) is 4.56. The highest BCUT2D eigenvalue weighted by Gasteiger charge is 2.17. The van der Waals surface area contributed by atoms with Gasteiger partial charge in [-0.1, -0.05) is 32.0 Å². The number of fused-ring (bicyclic) bond motifs is 1. The van der Waals surface area contributed by atoms with Crippen LogP contribution in [-0.2, 0) is 6.54 Å². The first-order valence-electron chi connectivity index (χ1n) is 9.18. The zero-order valence-corrected chi connectivity index (χ0v) is 15.5. The fourth-order valence-electron chi connectivity index (χ4n) is 3.44. The van der Waals surface area contributed by atoms with E-state index >= 15 is 0 Å². The minimum absolute atomic E-state index is 0.774. The third-order valence-electron chi connectivity index (χ3n) is 4.56. The molecule has 0 aliphatic heterocycles. The Morgan fingerprint density at radius 1 is 1.08 bits per heavy atom. The van der Waals surface area contributed by atoms with Gasteiger partial charge in [0, 0.05) is 24.0 Å². The number of hydrogen-bond donors (Lipinski definition) is 1. The second-order valence-corrected chi connectivity index (χ2v) is 6.69. The van der Waals surface area contributed by atoms with Crippen molar-refractivity contribution in [3.05, 3.63) is 53.9 Å². The van der Waals surface area contributed by atoms with Crippen LogP contribution >= 0.6 is 0 Å². The van der Waals surface area contributed by atoms with Crippen LogP contribution < -0.4 is 5.73 Å². The van der Waals surface area contributed by atoms with Crippen molar-refractivity contribution in [2.75, 3.05) is 18.8 Å². The zero-order valence-electron chi connectivity index (χ0n) is 15.5. The predicted octanol–water partition coefficient (Wildman–Crippen LogP) is 4.51. The molecule has 3 rings (SSSR count). The Hall–Kier alpha value is -2.33. The Balaban J connectivity index is 2.13. The molecule has 0 aliphatic rings. The van der Waals surface area contributed by atoms with Crippen LogP contribution in [0.1, 0.15) is 37.9 Å². The summed E-state index contributed by atoms with van der Waals surface area (Å²) >= 11 is 0. The van der Waals surface area contributed by atoms with Crippen molar-refractivity contribution in [1.29, 1.82) is 0 Å². The average Bonchev–Trinajstić information content (AvgIpc) is 2.95. The largest absolute Gasteiger partial charge is 0.399 e. The van der Waals surface area contributed by atoms with Gasteiger partial charge in [-0.25, -0.2) is 4.98 Å². The van der Waals surface area contributed by atoms with Gasteiger partial charge in [-0.05, 0) is 56.6 Å². The van der Waals surface area contributed by atoms with Crippen molar-refractivity contribution in [1.82, 2.24) is 14.3 Å². The lowest BCUT2D eigenvalue weighted by Gasteiger charge is -2.21. The van der Waals surface area contributed by atoms with Gasteiger partial charge >= 0.3 is 0 Å². The second kappa shape index (κ2) is 7.70. The number of rotatable bonds is 7. The lowest BCUT2D eigenvalue weighted by Crippen LogP contribution is -2.25. The van der Waals surface area contributed by atoms with E-state index in [1.165, 1.54) is 11.3 Å². The van der Waals surface area contributed by atoms with E-state index in [2.05, 4.69) is 54.5 Å². The molecular weight excluding hydrogens is 308 g/mol. The Morgan fingerprint density at radius 2 is 1.84 bits per heavy atom. The van der Waals surface area contributed by atoms with Gasteiger partial charge in [0.1, 0.15) is 5.65 Å². The Bertz CT molecular complexity index is 844. The molecule has 0 fully saturated rings. The van der Waals surface area contributed by atoms with Gasteiger partial charge in [0.25, 0.3) is 0 Å². The van der Waals surface area contributed by atoms with Crippen LogP contribution in [0.4, 0.5) is 5.69 Å². The third kappa shape index (κ3) is 3.69. The normalized spacial score (nSPS) is 11.5. The molecule has 2 N–H and O–H groups in total. The van der Waals surface area contributed by atoms with Crippen molar-refractivity contribution in [3.8, 4) is 11.3 Å². The summed E-state index contributed by atoms with van der Waals surface area (Å²) in [7, 11) is 0. The van der Waals surface area contributed by atoms with E-state index in [1.807, 2.05) is 18.2 Å². The average molecular weight is 336 g/mol. The molecule has 0 unspecified atom stereocenters. The number of hydrogen-bond acceptors (Lipinski definition) is 3. The maximum atomic E-state index is 6.02. The summed E-state index contributed by atoms with van der Waals surface area (Å²) in [6, 6.07) is 12.3. The second-order valence-electron chi connectivity index (χ2n) is 6.69. The minimum atomic E-state index is 0.774. The number of anilines is 1. The fraction of sp³-hybridized carbons (Fsp3) is 0.381. The molecule has 0 radical (unpaired) electrons. The van der Waals surface area contributed by atoms with Crippen LogP contribution in [0.15, 0.2) is 42.6 Å². The summed E-state index contributed by atoms with van der Waals surface area (Å²) in [4.78, 5) is 7.49. The smallest absolute Gasteiger partial charge is 0.140 e. The number of imidazole rings is 1. The number of benzene rings is 1. The Kier molecular flexibility index (Phi) is 5.39. The van der Waals surface area contributed by atoms with Crippen molar-refractivity contribution in [3.63, 3.8) is 0 Å². The molecule has 4 heteroatoms. The molecule has 1 aromatic carbocycles.